The number of esters is 1. The second-order valence-corrected chi connectivity index (χ2v) is 15.3. The van der Waals surface area contributed by atoms with Gasteiger partial charge in [-0.2, -0.15) is 0 Å². The molecule has 1 fully saturated rings. The maximum absolute atomic E-state index is 14.2. The van der Waals surface area contributed by atoms with Gasteiger partial charge in [0.25, 0.3) is 0 Å². The van der Waals surface area contributed by atoms with Gasteiger partial charge in [-0.05, 0) is 50.0 Å². The molecule has 0 aliphatic carbocycles. The van der Waals surface area contributed by atoms with E-state index in [2.05, 4.69) is 10.6 Å². The number of nitrogens with zero attached hydrogens (tertiary/aromatic N) is 2. The van der Waals surface area contributed by atoms with Crippen molar-refractivity contribution in [1.29, 1.82) is 0 Å². The zero-order valence-electron chi connectivity index (χ0n) is 34.0. The van der Waals surface area contributed by atoms with Crippen molar-refractivity contribution in [2.24, 2.45) is 23.5 Å². The number of likely N-dealkylation sites (tertiary alicyclic amines) is 1. The molecular weight excluding hydrogens is 678 g/mol. The number of ether oxygens (including phenoxy) is 3. The van der Waals surface area contributed by atoms with Crippen LogP contribution in [0.25, 0.3) is 0 Å². The Morgan fingerprint density at radius 3 is 2.15 bits per heavy atom. The molecule has 0 bridgehead atoms. The number of nitrogens with two attached hydrogens (primary N) is 1. The lowest BCUT2D eigenvalue weighted by Crippen LogP contribution is -2.60. The molecule has 1 heterocycles. The molecule has 0 radical (unpaired) electrons. The Labute approximate surface area is 317 Å². The van der Waals surface area contributed by atoms with Gasteiger partial charge in [-0.1, -0.05) is 78.3 Å². The summed E-state index contributed by atoms with van der Waals surface area (Å²) in [5.74, 6) is -2.40. The standard InChI is InChI=1S/C40H67N5O8/c1-12-26(5)34(44(8)37(48)29(22-25(3)4)43-39(50)40(7,41)13-2)32(51-9)24-33(46)45-21-17-20-31(45)35(52-10)27(6)36(47)42-30(38(49)53-11)23-28-18-15-14-16-19-28/h14-16,18-19,25-27,29-32,34-35H,12-13,17,20-24,41H2,1-11H3,(H,42,47)(H,43,50)/t26-,27+,29-,30-,31-,32+,34-,35+,40?/m0/s1. The molecule has 13 nitrogen and oxygen atoms in total. The van der Waals surface area contributed by atoms with Crippen molar-refractivity contribution < 1.29 is 38.2 Å². The van der Waals surface area contributed by atoms with E-state index in [1.807, 2.05) is 65.0 Å². The number of hydrogen-bond donors (Lipinski definition) is 3. The third kappa shape index (κ3) is 12.5. The van der Waals surface area contributed by atoms with E-state index in [1.165, 1.54) is 14.2 Å². The van der Waals surface area contributed by atoms with Crippen molar-refractivity contribution >= 4 is 29.6 Å². The van der Waals surface area contributed by atoms with Crippen LogP contribution < -0.4 is 16.4 Å². The molecule has 9 atom stereocenters. The summed E-state index contributed by atoms with van der Waals surface area (Å²) in [4.78, 5) is 71.1. The summed E-state index contributed by atoms with van der Waals surface area (Å²) in [6.07, 6.45) is 1.86. The van der Waals surface area contributed by atoms with Crippen LogP contribution in [0.2, 0.25) is 0 Å². The maximum atomic E-state index is 14.2. The van der Waals surface area contributed by atoms with Crippen LogP contribution in [0.3, 0.4) is 0 Å². The molecule has 0 aromatic heterocycles. The monoisotopic (exact) mass is 745 g/mol. The molecule has 1 saturated heterocycles. The van der Waals surface area contributed by atoms with E-state index < -0.39 is 59.7 Å². The van der Waals surface area contributed by atoms with Gasteiger partial charge >= 0.3 is 5.97 Å². The Hall–Kier alpha value is -3.55. The predicted molar refractivity (Wildman–Crippen MR) is 204 cm³/mol. The van der Waals surface area contributed by atoms with Crippen LogP contribution in [0.15, 0.2) is 30.3 Å². The predicted octanol–water partition coefficient (Wildman–Crippen LogP) is 3.47. The summed E-state index contributed by atoms with van der Waals surface area (Å²) >= 11 is 0. The molecule has 1 unspecified atom stereocenters. The Morgan fingerprint density at radius 1 is 0.981 bits per heavy atom. The summed E-state index contributed by atoms with van der Waals surface area (Å²) in [7, 11) is 6.05. The number of amides is 4. The Morgan fingerprint density at radius 2 is 1.62 bits per heavy atom. The van der Waals surface area contributed by atoms with E-state index >= 15 is 0 Å². The molecule has 1 aliphatic rings. The zero-order chi connectivity index (χ0) is 40.0. The number of likely N-dealkylation sites (N-methyl/N-ethyl adjacent to an activating group) is 1. The molecule has 1 aromatic carbocycles. The first-order chi connectivity index (χ1) is 25.0. The number of hydrogen-bond acceptors (Lipinski definition) is 9. The molecule has 1 aliphatic heterocycles. The second-order valence-electron chi connectivity index (χ2n) is 15.3. The van der Waals surface area contributed by atoms with Crippen LogP contribution in [0.5, 0.6) is 0 Å². The number of nitrogens with one attached hydrogen (secondary N) is 2. The minimum Gasteiger partial charge on any atom is -0.467 e. The van der Waals surface area contributed by atoms with Crippen molar-refractivity contribution in [1.82, 2.24) is 20.4 Å². The fourth-order valence-corrected chi connectivity index (χ4v) is 7.22. The molecule has 53 heavy (non-hydrogen) atoms. The normalized spacial score (nSPS) is 19.6. The van der Waals surface area contributed by atoms with E-state index in [1.54, 1.807) is 37.8 Å². The molecule has 2 rings (SSSR count). The Bertz CT molecular complexity index is 1340. The highest BCUT2D eigenvalue weighted by molar-refractivity contribution is 5.92. The van der Waals surface area contributed by atoms with E-state index in [9.17, 15) is 24.0 Å². The minimum atomic E-state index is -1.12. The lowest BCUT2D eigenvalue weighted by molar-refractivity contribution is -0.148. The Balaban J connectivity index is 2.29. The van der Waals surface area contributed by atoms with Crippen LogP contribution in [-0.2, 0) is 44.6 Å². The number of carbonyl (C=O) groups excluding carboxylic acids is 5. The topological polar surface area (TPSA) is 170 Å². The zero-order valence-corrected chi connectivity index (χ0v) is 34.0. The van der Waals surface area contributed by atoms with Gasteiger partial charge in [0, 0.05) is 34.2 Å². The number of methoxy groups -OCH3 is 3. The van der Waals surface area contributed by atoms with Gasteiger partial charge in [-0.15, -0.1) is 0 Å². The van der Waals surface area contributed by atoms with Gasteiger partial charge < -0.3 is 40.4 Å². The number of carbonyl (C=O) groups is 5. The highest BCUT2D eigenvalue weighted by Gasteiger charge is 2.43. The van der Waals surface area contributed by atoms with Crippen molar-refractivity contribution in [2.75, 3.05) is 34.9 Å². The maximum Gasteiger partial charge on any atom is 0.328 e. The second kappa shape index (κ2) is 21.4. The van der Waals surface area contributed by atoms with Crippen molar-refractivity contribution in [3.63, 3.8) is 0 Å². The third-order valence-electron chi connectivity index (χ3n) is 10.9. The van der Waals surface area contributed by atoms with Gasteiger partial charge in [0.05, 0.1) is 49.3 Å². The van der Waals surface area contributed by atoms with E-state index in [0.717, 1.165) is 18.4 Å². The molecule has 4 amide bonds. The van der Waals surface area contributed by atoms with Gasteiger partial charge in [-0.3, -0.25) is 19.2 Å². The van der Waals surface area contributed by atoms with Gasteiger partial charge in [0.15, 0.2) is 0 Å². The van der Waals surface area contributed by atoms with Crippen molar-refractivity contribution in [3.8, 4) is 0 Å². The number of rotatable bonds is 21. The molecule has 0 saturated carbocycles. The quantitative estimate of drug-likeness (QED) is 0.160. The minimum absolute atomic E-state index is 0.00393. The fraction of sp³-hybridized carbons (Fsp3) is 0.725. The van der Waals surface area contributed by atoms with Gasteiger partial charge in [-0.25, -0.2) is 4.79 Å². The molecule has 13 heteroatoms. The molecule has 1 aromatic rings. The lowest BCUT2D eigenvalue weighted by atomic mass is 9.89. The molecule has 0 spiro atoms. The van der Waals surface area contributed by atoms with E-state index in [0.29, 0.717) is 25.8 Å². The van der Waals surface area contributed by atoms with Crippen LogP contribution in [-0.4, -0.2) is 116 Å². The first-order valence-corrected chi connectivity index (χ1v) is 19.1. The van der Waals surface area contributed by atoms with Gasteiger partial charge in [0.1, 0.15) is 12.1 Å². The summed E-state index contributed by atoms with van der Waals surface area (Å²) in [6, 6.07) is 6.80. The molecular formula is C40H67N5O8. The van der Waals surface area contributed by atoms with Gasteiger partial charge in [0.2, 0.25) is 23.6 Å². The van der Waals surface area contributed by atoms with E-state index in [-0.39, 0.29) is 42.4 Å². The summed E-state index contributed by atoms with van der Waals surface area (Å²) in [5, 5.41) is 5.76. The summed E-state index contributed by atoms with van der Waals surface area (Å²) in [5.41, 5.74) is 5.97. The Kier molecular flexibility index (Phi) is 18.4. The number of benzene rings is 1. The highest BCUT2D eigenvalue weighted by atomic mass is 16.5. The van der Waals surface area contributed by atoms with E-state index in [4.69, 9.17) is 19.9 Å². The summed E-state index contributed by atoms with van der Waals surface area (Å²) < 4.78 is 16.9. The third-order valence-corrected chi connectivity index (χ3v) is 10.9. The first kappa shape index (κ1) is 45.6. The highest BCUT2D eigenvalue weighted by Crippen LogP contribution is 2.30. The SMILES string of the molecule is CC[C@H](C)[C@@H]([C@@H](CC(=O)N1CCC[C@H]1[C@H](OC)[C@@H](C)C(=O)N[C@@H](Cc1ccccc1)C(=O)OC)OC)N(C)C(=O)[C@H](CC(C)C)NC(=O)C(C)(N)CC. The summed E-state index contributed by atoms with van der Waals surface area (Å²) in [6.45, 7) is 13.7. The van der Waals surface area contributed by atoms with Crippen LogP contribution in [0, 0.1) is 17.8 Å². The van der Waals surface area contributed by atoms with Crippen LogP contribution in [0.1, 0.15) is 92.6 Å². The fourth-order valence-electron chi connectivity index (χ4n) is 7.22. The van der Waals surface area contributed by atoms with Crippen molar-refractivity contribution in [2.45, 2.75) is 135 Å². The largest absolute Gasteiger partial charge is 0.467 e. The first-order valence-electron chi connectivity index (χ1n) is 19.1. The van der Waals surface area contributed by atoms with Crippen LogP contribution >= 0.6 is 0 Å². The average molecular weight is 746 g/mol. The molecule has 300 valence electrons. The van der Waals surface area contributed by atoms with Crippen LogP contribution in [0.4, 0.5) is 0 Å². The lowest BCUT2D eigenvalue weighted by Gasteiger charge is -2.40. The molecule has 4 N–H and O–H groups in total. The van der Waals surface area contributed by atoms with Crippen molar-refractivity contribution in [3.05, 3.63) is 35.9 Å². The smallest absolute Gasteiger partial charge is 0.328 e. The average Bonchev–Trinajstić information content (AvgIpc) is 3.63.